The van der Waals surface area contributed by atoms with Crippen molar-refractivity contribution in [3.63, 3.8) is 0 Å². The number of fused-ring (bicyclic) bond motifs is 1. The van der Waals surface area contributed by atoms with Crippen LogP contribution in [-0.2, 0) is 6.54 Å². The summed E-state index contributed by atoms with van der Waals surface area (Å²) in [6.45, 7) is 2.45. The summed E-state index contributed by atoms with van der Waals surface area (Å²) in [4.78, 5) is 17.2. The first kappa shape index (κ1) is 18.9. The third-order valence-electron chi connectivity index (χ3n) is 5.66. The summed E-state index contributed by atoms with van der Waals surface area (Å²) in [7, 11) is 0. The van der Waals surface area contributed by atoms with E-state index in [9.17, 15) is 4.39 Å². The number of nitrogens with one attached hydrogen (secondary N) is 2. The molecule has 0 bridgehead atoms. The van der Waals surface area contributed by atoms with Crippen LogP contribution in [-0.4, -0.2) is 41.8 Å². The summed E-state index contributed by atoms with van der Waals surface area (Å²) < 4.78 is 15.9. The van der Waals surface area contributed by atoms with Crippen LogP contribution in [0.3, 0.4) is 0 Å². The first-order valence-corrected chi connectivity index (χ1v) is 10.4. The monoisotopic (exact) mass is 405 g/mol. The standard InChI is InChI=1S/C22H24FN7/c1-14-5-4-8-18(27-14)22-21(15-9-10-30-20(11-15)25-13-26-30)28-19(29-22)12-24-17-7-3-2-6-16(17)23/h4-5,8-11,13,16-17,24H,2-3,6-7,12H2,1H3,(H,28,29)/t16?,17-/m0/s1. The zero-order chi connectivity index (χ0) is 20.5. The number of aromatic amines is 1. The molecule has 30 heavy (non-hydrogen) atoms. The highest BCUT2D eigenvalue weighted by molar-refractivity contribution is 5.78. The predicted molar refractivity (Wildman–Crippen MR) is 113 cm³/mol. The summed E-state index contributed by atoms with van der Waals surface area (Å²) in [5, 5.41) is 7.51. The number of nitrogens with zero attached hydrogens (tertiary/aromatic N) is 5. The molecule has 0 saturated heterocycles. The van der Waals surface area contributed by atoms with Gasteiger partial charge in [0.2, 0.25) is 0 Å². The quantitative estimate of drug-likeness (QED) is 0.527. The highest BCUT2D eigenvalue weighted by atomic mass is 19.1. The van der Waals surface area contributed by atoms with Gasteiger partial charge in [0, 0.05) is 23.5 Å². The Morgan fingerprint density at radius 2 is 2.10 bits per heavy atom. The van der Waals surface area contributed by atoms with E-state index in [1.807, 2.05) is 43.5 Å². The fourth-order valence-corrected chi connectivity index (χ4v) is 4.09. The van der Waals surface area contributed by atoms with Gasteiger partial charge in [-0.25, -0.2) is 18.9 Å². The van der Waals surface area contributed by atoms with Crippen LogP contribution >= 0.6 is 0 Å². The van der Waals surface area contributed by atoms with Crippen molar-refractivity contribution in [3.05, 3.63) is 54.4 Å². The lowest BCUT2D eigenvalue weighted by atomic mass is 9.94. The van der Waals surface area contributed by atoms with Crippen molar-refractivity contribution in [2.75, 3.05) is 0 Å². The van der Waals surface area contributed by atoms with Crippen molar-refractivity contribution >= 4 is 5.65 Å². The van der Waals surface area contributed by atoms with Gasteiger partial charge in [-0.1, -0.05) is 18.9 Å². The van der Waals surface area contributed by atoms with Crippen LogP contribution in [0.5, 0.6) is 0 Å². The highest BCUT2D eigenvalue weighted by Crippen LogP contribution is 2.30. The Bertz CT molecular complexity index is 1170. The van der Waals surface area contributed by atoms with Crippen molar-refractivity contribution in [2.24, 2.45) is 0 Å². The molecule has 0 aromatic carbocycles. The van der Waals surface area contributed by atoms with E-state index >= 15 is 0 Å². The van der Waals surface area contributed by atoms with Crippen molar-refractivity contribution in [1.82, 2.24) is 34.9 Å². The second-order valence-electron chi connectivity index (χ2n) is 7.84. The van der Waals surface area contributed by atoms with Gasteiger partial charge in [-0.15, -0.1) is 0 Å². The maximum absolute atomic E-state index is 14.2. The molecule has 2 N–H and O–H groups in total. The van der Waals surface area contributed by atoms with Crippen LogP contribution < -0.4 is 5.32 Å². The number of rotatable bonds is 5. The van der Waals surface area contributed by atoms with Gasteiger partial charge in [0.1, 0.15) is 18.3 Å². The van der Waals surface area contributed by atoms with Crippen LogP contribution in [0.2, 0.25) is 0 Å². The SMILES string of the molecule is Cc1cccc(-c2[nH]c(CN[C@H]3CCCCC3F)nc2-c2ccn3ncnc3c2)n1. The molecule has 0 radical (unpaired) electrons. The van der Waals surface area contributed by atoms with Gasteiger partial charge in [0.15, 0.2) is 5.65 Å². The van der Waals surface area contributed by atoms with Gasteiger partial charge in [-0.2, -0.15) is 5.10 Å². The van der Waals surface area contributed by atoms with Crippen LogP contribution in [0.15, 0.2) is 42.9 Å². The summed E-state index contributed by atoms with van der Waals surface area (Å²) in [5.41, 5.74) is 5.09. The van der Waals surface area contributed by atoms with Crippen LogP contribution in [0, 0.1) is 6.92 Å². The third kappa shape index (κ3) is 3.70. The minimum absolute atomic E-state index is 0.111. The third-order valence-corrected chi connectivity index (χ3v) is 5.66. The smallest absolute Gasteiger partial charge is 0.155 e. The summed E-state index contributed by atoms with van der Waals surface area (Å²) in [5.74, 6) is 0.766. The molecule has 7 nitrogen and oxygen atoms in total. The second-order valence-corrected chi connectivity index (χ2v) is 7.84. The van der Waals surface area contributed by atoms with Gasteiger partial charge < -0.3 is 10.3 Å². The second kappa shape index (κ2) is 7.95. The lowest BCUT2D eigenvalue weighted by Gasteiger charge is -2.26. The zero-order valence-corrected chi connectivity index (χ0v) is 16.8. The molecule has 154 valence electrons. The topological polar surface area (TPSA) is 83.8 Å². The Labute approximate surface area is 173 Å². The minimum Gasteiger partial charge on any atom is -0.339 e. The number of aryl methyl sites for hydroxylation is 1. The molecule has 4 aromatic rings. The molecule has 4 heterocycles. The number of alkyl halides is 1. The summed E-state index contributed by atoms with van der Waals surface area (Å²) in [6, 6.07) is 9.73. The van der Waals surface area contributed by atoms with E-state index in [1.165, 1.54) is 6.33 Å². The number of hydrogen-bond donors (Lipinski definition) is 2. The molecule has 0 amide bonds. The van der Waals surface area contributed by atoms with Gasteiger partial charge in [0.05, 0.1) is 23.6 Å². The van der Waals surface area contributed by atoms with E-state index < -0.39 is 6.17 Å². The number of aromatic nitrogens is 6. The molecule has 1 fully saturated rings. The molecule has 1 saturated carbocycles. The van der Waals surface area contributed by atoms with E-state index in [0.29, 0.717) is 13.0 Å². The van der Waals surface area contributed by atoms with Gasteiger partial charge in [0.25, 0.3) is 0 Å². The maximum atomic E-state index is 14.2. The van der Waals surface area contributed by atoms with E-state index in [-0.39, 0.29) is 6.04 Å². The van der Waals surface area contributed by atoms with Gasteiger partial charge in [-0.05, 0) is 44.0 Å². The Balaban J connectivity index is 1.50. The number of pyridine rings is 2. The van der Waals surface area contributed by atoms with Crippen molar-refractivity contribution < 1.29 is 4.39 Å². The summed E-state index contributed by atoms with van der Waals surface area (Å²) >= 11 is 0. The molecule has 0 aliphatic heterocycles. The average Bonchev–Trinajstić information content (AvgIpc) is 3.39. The van der Waals surface area contributed by atoms with E-state index in [0.717, 1.165) is 59.1 Å². The first-order chi connectivity index (χ1) is 14.7. The van der Waals surface area contributed by atoms with E-state index in [2.05, 4.69) is 25.4 Å². The Kier molecular flexibility index (Phi) is 5.00. The lowest BCUT2D eigenvalue weighted by Crippen LogP contribution is -2.39. The van der Waals surface area contributed by atoms with Crippen LogP contribution in [0.25, 0.3) is 28.3 Å². The minimum atomic E-state index is -0.790. The maximum Gasteiger partial charge on any atom is 0.155 e. The highest BCUT2D eigenvalue weighted by Gasteiger charge is 2.25. The zero-order valence-electron chi connectivity index (χ0n) is 16.8. The molecule has 8 heteroatoms. The molecule has 1 aliphatic rings. The number of hydrogen-bond acceptors (Lipinski definition) is 5. The number of halogens is 1. The average molecular weight is 405 g/mol. The molecule has 2 atom stereocenters. The predicted octanol–water partition coefficient (Wildman–Crippen LogP) is 3.86. The first-order valence-electron chi connectivity index (χ1n) is 10.4. The van der Waals surface area contributed by atoms with Gasteiger partial charge >= 0.3 is 0 Å². The molecule has 1 aliphatic carbocycles. The molecular formula is C22H24FN7. The Morgan fingerprint density at radius 3 is 2.97 bits per heavy atom. The molecule has 0 spiro atoms. The van der Waals surface area contributed by atoms with Gasteiger partial charge in [-0.3, -0.25) is 4.98 Å². The van der Waals surface area contributed by atoms with Crippen molar-refractivity contribution in [3.8, 4) is 22.6 Å². The Morgan fingerprint density at radius 1 is 1.20 bits per heavy atom. The van der Waals surface area contributed by atoms with Crippen LogP contribution in [0.1, 0.15) is 37.2 Å². The summed E-state index contributed by atoms with van der Waals surface area (Å²) in [6.07, 6.45) is 6.15. The molecular weight excluding hydrogens is 381 g/mol. The van der Waals surface area contributed by atoms with Crippen LogP contribution in [0.4, 0.5) is 4.39 Å². The van der Waals surface area contributed by atoms with Crippen molar-refractivity contribution in [1.29, 1.82) is 0 Å². The molecule has 4 aromatic heterocycles. The normalized spacial score (nSPS) is 19.4. The fourth-order valence-electron chi connectivity index (χ4n) is 4.09. The Hall–Kier alpha value is -3.13. The number of H-pyrrole nitrogens is 1. The van der Waals surface area contributed by atoms with Crippen molar-refractivity contribution in [2.45, 2.75) is 51.4 Å². The fraction of sp³-hybridized carbons (Fsp3) is 0.364. The molecule has 5 rings (SSSR count). The number of imidazole rings is 1. The van der Waals surface area contributed by atoms with E-state index in [1.54, 1.807) is 4.52 Å². The van der Waals surface area contributed by atoms with E-state index in [4.69, 9.17) is 4.98 Å². The largest absolute Gasteiger partial charge is 0.339 e. The lowest BCUT2D eigenvalue weighted by molar-refractivity contribution is 0.187. The molecule has 1 unspecified atom stereocenters.